The lowest BCUT2D eigenvalue weighted by Crippen LogP contribution is -1.98. The second kappa shape index (κ2) is 5.87. The Morgan fingerprint density at radius 2 is 2.00 bits per heavy atom. The summed E-state index contributed by atoms with van der Waals surface area (Å²) in [5.41, 5.74) is 3.18. The smallest absolute Gasteiger partial charge is 0.120 e. The van der Waals surface area contributed by atoms with Gasteiger partial charge in [0.2, 0.25) is 0 Å². The number of hydrogen-bond donors (Lipinski definition) is 1. The van der Waals surface area contributed by atoms with Crippen LogP contribution in [-0.4, -0.2) is 11.4 Å². The lowest BCUT2D eigenvalue weighted by molar-refractivity contribution is 0.305. The quantitative estimate of drug-likeness (QED) is 0.506. The molecule has 0 spiro atoms. The molecule has 2 aromatic carbocycles. The summed E-state index contributed by atoms with van der Waals surface area (Å²) in [6.07, 6.45) is 1.38. The van der Waals surface area contributed by atoms with E-state index in [-0.39, 0.29) is 0 Å². The van der Waals surface area contributed by atoms with Crippen LogP contribution in [0.15, 0.2) is 53.7 Å². The third-order valence-electron chi connectivity index (χ3n) is 2.72. The monoisotopic (exact) mass is 241 g/mol. The van der Waals surface area contributed by atoms with Gasteiger partial charge in [-0.3, -0.25) is 0 Å². The Morgan fingerprint density at radius 3 is 2.78 bits per heavy atom. The maximum Gasteiger partial charge on any atom is 0.120 e. The standard InChI is InChI=1S/C15H15NO2/c1-12-5-2-3-7-14(12)11-18-15-8-4-6-13(9-15)10-16-17/h2-10,17H,11H2,1H3/b16-10-. The van der Waals surface area contributed by atoms with Gasteiger partial charge in [0.05, 0.1) is 6.21 Å². The van der Waals surface area contributed by atoms with Crippen LogP contribution < -0.4 is 4.74 Å². The molecule has 0 saturated heterocycles. The van der Waals surface area contributed by atoms with E-state index in [1.165, 1.54) is 17.3 Å². The molecule has 2 rings (SSSR count). The van der Waals surface area contributed by atoms with E-state index in [0.29, 0.717) is 6.61 Å². The molecular weight excluding hydrogens is 226 g/mol. The number of benzene rings is 2. The molecule has 0 heterocycles. The molecule has 3 heteroatoms. The third kappa shape index (κ3) is 3.10. The van der Waals surface area contributed by atoms with E-state index in [0.717, 1.165) is 11.3 Å². The highest BCUT2D eigenvalue weighted by molar-refractivity contribution is 5.79. The van der Waals surface area contributed by atoms with Gasteiger partial charge < -0.3 is 9.94 Å². The second-order valence-electron chi connectivity index (χ2n) is 4.03. The molecule has 1 N–H and O–H groups in total. The van der Waals surface area contributed by atoms with Crippen molar-refractivity contribution in [2.75, 3.05) is 0 Å². The first-order chi connectivity index (χ1) is 8.79. The van der Waals surface area contributed by atoms with Crippen molar-refractivity contribution in [3.8, 4) is 5.75 Å². The summed E-state index contributed by atoms with van der Waals surface area (Å²) >= 11 is 0. The molecule has 0 bridgehead atoms. The molecule has 0 radical (unpaired) electrons. The normalized spacial score (nSPS) is 10.7. The second-order valence-corrected chi connectivity index (χ2v) is 4.03. The number of hydrogen-bond acceptors (Lipinski definition) is 3. The Morgan fingerprint density at radius 1 is 1.17 bits per heavy atom. The van der Waals surface area contributed by atoms with Crippen molar-refractivity contribution in [3.05, 3.63) is 65.2 Å². The van der Waals surface area contributed by atoms with Gasteiger partial charge in [0, 0.05) is 0 Å². The van der Waals surface area contributed by atoms with Gasteiger partial charge in [0.15, 0.2) is 0 Å². The Labute approximate surface area is 106 Å². The first-order valence-corrected chi connectivity index (χ1v) is 5.74. The van der Waals surface area contributed by atoms with Crippen LogP contribution >= 0.6 is 0 Å². The highest BCUT2D eigenvalue weighted by Crippen LogP contribution is 2.15. The average molecular weight is 241 g/mol. The summed E-state index contributed by atoms with van der Waals surface area (Å²) in [7, 11) is 0. The maximum atomic E-state index is 8.48. The molecule has 3 nitrogen and oxygen atoms in total. The fraction of sp³-hybridized carbons (Fsp3) is 0.133. The summed E-state index contributed by atoms with van der Waals surface area (Å²) in [5.74, 6) is 0.760. The summed E-state index contributed by atoms with van der Waals surface area (Å²) in [4.78, 5) is 0. The van der Waals surface area contributed by atoms with Crippen LogP contribution in [0.4, 0.5) is 0 Å². The van der Waals surface area contributed by atoms with Crippen LogP contribution in [0.1, 0.15) is 16.7 Å². The molecule has 2 aromatic rings. The minimum absolute atomic E-state index is 0.534. The molecule has 0 saturated carbocycles. The molecule has 0 amide bonds. The van der Waals surface area contributed by atoms with E-state index < -0.39 is 0 Å². The minimum atomic E-state index is 0.534. The first-order valence-electron chi connectivity index (χ1n) is 5.74. The van der Waals surface area contributed by atoms with Crippen LogP contribution in [0.25, 0.3) is 0 Å². The molecule has 92 valence electrons. The van der Waals surface area contributed by atoms with Crippen LogP contribution in [0.5, 0.6) is 5.75 Å². The Kier molecular flexibility index (Phi) is 3.97. The molecule has 0 atom stereocenters. The number of oxime groups is 1. The Hall–Kier alpha value is -2.29. The molecule has 0 fully saturated rings. The average Bonchev–Trinajstić information content (AvgIpc) is 2.39. The van der Waals surface area contributed by atoms with E-state index in [1.807, 2.05) is 42.5 Å². The van der Waals surface area contributed by atoms with Gasteiger partial charge in [-0.15, -0.1) is 0 Å². The van der Waals surface area contributed by atoms with E-state index >= 15 is 0 Å². The largest absolute Gasteiger partial charge is 0.489 e. The molecule has 0 aromatic heterocycles. The first kappa shape index (κ1) is 12.2. The predicted octanol–water partition coefficient (Wildman–Crippen LogP) is 3.38. The number of ether oxygens (including phenoxy) is 1. The van der Waals surface area contributed by atoms with Gasteiger partial charge in [-0.1, -0.05) is 41.6 Å². The molecule has 0 aliphatic rings. The number of nitrogens with zero attached hydrogens (tertiary/aromatic N) is 1. The van der Waals surface area contributed by atoms with E-state index in [9.17, 15) is 0 Å². The van der Waals surface area contributed by atoms with Crippen molar-refractivity contribution >= 4 is 6.21 Å². The zero-order valence-electron chi connectivity index (χ0n) is 10.2. The van der Waals surface area contributed by atoms with Crippen LogP contribution in [-0.2, 0) is 6.61 Å². The van der Waals surface area contributed by atoms with Gasteiger partial charge in [-0.05, 0) is 35.7 Å². The fourth-order valence-corrected chi connectivity index (χ4v) is 1.68. The van der Waals surface area contributed by atoms with Crippen LogP contribution in [0, 0.1) is 6.92 Å². The van der Waals surface area contributed by atoms with E-state index in [4.69, 9.17) is 9.94 Å². The van der Waals surface area contributed by atoms with Gasteiger partial charge in [0.25, 0.3) is 0 Å². The molecular formula is C15H15NO2. The van der Waals surface area contributed by atoms with Crippen molar-refractivity contribution in [2.45, 2.75) is 13.5 Å². The SMILES string of the molecule is Cc1ccccc1COc1cccc(/C=N\O)c1. The van der Waals surface area contributed by atoms with Gasteiger partial charge in [0.1, 0.15) is 12.4 Å². The van der Waals surface area contributed by atoms with Crippen molar-refractivity contribution in [2.24, 2.45) is 5.16 Å². The fourth-order valence-electron chi connectivity index (χ4n) is 1.68. The summed E-state index contributed by atoms with van der Waals surface area (Å²) in [6.45, 7) is 2.60. The lowest BCUT2D eigenvalue weighted by Gasteiger charge is -2.08. The van der Waals surface area contributed by atoms with Crippen molar-refractivity contribution < 1.29 is 9.94 Å². The van der Waals surface area contributed by atoms with E-state index in [1.54, 1.807) is 0 Å². The van der Waals surface area contributed by atoms with E-state index in [2.05, 4.69) is 18.1 Å². The van der Waals surface area contributed by atoms with Gasteiger partial charge >= 0.3 is 0 Å². The van der Waals surface area contributed by atoms with Crippen molar-refractivity contribution in [1.82, 2.24) is 0 Å². The highest BCUT2D eigenvalue weighted by atomic mass is 16.5. The number of rotatable bonds is 4. The predicted molar refractivity (Wildman–Crippen MR) is 71.3 cm³/mol. The van der Waals surface area contributed by atoms with Crippen molar-refractivity contribution in [3.63, 3.8) is 0 Å². The Balaban J connectivity index is 2.06. The van der Waals surface area contributed by atoms with Crippen LogP contribution in [0.2, 0.25) is 0 Å². The third-order valence-corrected chi connectivity index (χ3v) is 2.72. The summed E-state index contributed by atoms with van der Waals surface area (Å²) in [5, 5.41) is 11.5. The molecule has 0 unspecified atom stereocenters. The van der Waals surface area contributed by atoms with Gasteiger partial charge in [-0.2, -0.15) is 0 Å². The lowest BCUT2D eigenvalue weighted by atomic mass is 10.1. The van der Waals surface area contributed by atoms with Crippen molar-refractivity contribution in [1.29, 1.82) is 0 Å². The molecule has 0 aliphatic heterocycles. The maximum absolute atomic E-state index is 8.48. The summed E-state index contributed by atoms with van der Waals surface area (Å²) in [6, 6.07) is 15.6. The number of aryl methyl sites for hydroxylation is 1. The minimum Gasteiger partial charge on any atom is -0.489 e. The van der Waals surface area contributed by atoms with Gasteiger partial charge in [-0.25, -0.2) is 0 Å². The topological polar surface area (TPSA) is 41.8 Å². The Bertz CT molecular complexity index is 550. The summed E-state index contributed by atoms with van der Waals surface area (Å²) < 4.78 is 5.72. The highest BCUT2D eigenvalue weighted by Gasteiger charge is 1.99. The zero-order chi connectivity index (χ0) is 12.8. The molecule has 18 heavy (non-hydrogen) atoms. The zero-order valence-corrected chi connectivity index (χ0v) is 10.2. The van der Waals surface area contributed by atoms with Crippen LogP contribution in [0.3, 0.4) is 0 Å². The molecule has 0 aliphatic carbocycles.